The molecule has 2 amide bonds. The van der Waals surface area contributed by atoms with Gasteiger partial charge in [0.15, 0.2) is 0 Å². The van der Waals surface area contributed by atoms with Gasteiger partial charge in [0.25, 0.3) is 0 Å². The molecule has 2 heterocycles. The topological polar surface area (TPSA) is 71.3 Å². The van der Waals surface area contributed by atoms with Crippen molar-refractivity contribution < 1.29 is 9.59 Å². The summed E-state index contributed by atoms with van der Waals surface area (Å²) in [4.78, 5) is 28.6. The van der Waals surface area contributed by atoms with Crippen LogP contribution >= 0.6 is 0 Å². The van der Waals surface area contributed by atoms with Crippen LogP contribution in [0.15, 0.2) is 24.4 Å². The molecule has 2 aliphatic rings. The molecule has 130 valence electrons. The third-order valence-electron chi connectivity index (χ3n) is 4.84. The van der Waals surface area contributed by atoms with Crippen molar-refractivity contribution in [2.45, 2.75) is 32.7 Å². The van der Waals surface area contributed by atoms with Crippen LogP contribution in [0.25, 0.3) is 11.3 Å². The van der Waals surface area contributed by atoms with Crippen LogP contribution in [0.2, 0.25) is 0 Å². The first kappa shape index (κ1) is 15.8. The molecule has 7 nitrogen and oxygen atoms in total. The Morgan fingerprint density at radius 3 is 2.56 bits per heavy atom. The molecule has 1 fully saturated rings. The molecule has 1 aromatic carbocycles. The van der Waals surface area contributed by atoms with E-state index in [1.807, 2.05) is 43.3 Å². The van der Waals surface area contributed by atoms with E-state index >= 15 is 0 Å². The van der Waals surface area contributed by atoms with E-state index in [1.165, 1.54) is 0 Å². The van der Waals surface area contributed by atoms with Gasteiger partial charge in [0, 0.05) is 32.0 Å². The normalized spacial score (nSPS) is 19.7. The van der Waals surface area contributed by atoms with Gasteiger partial charge < -0.3 is 9.80 Å². The van der Waals surface area contributed by atoms with Crippen molar-refractivity contribution in [3.63, 3.8) is 0 Å². The number of nitrogens with zero attached hydrogens (tertiary/aromatic N) is 5. The average Bonchev–Trinajstić information content (AvgIpc) is 3.34. The van der Waals surface area contributed by atoms with Gasteiger partial charge in [0.1, 0.15) is 5.69 Å². The van der Waals surface area contributed by atoms with E-state index in [4.69, 9.17) is 0 Å². The number of carbonyl (C=O) groups is 2. The monoisotopic (exact) mass is 339 g/mol. The molecular formula is C18H21N5O2. The standard InChI is InChI=1S/C18H21N5O2/c1-11-9-22(18(25)13-4-5-13)17-8-14(15-10-21(3)20-19-15)6-7-16(17)23(11)12(2)24/h6-8,10-11,13H,4-5,9H2,1-3H3/t11-/m0/s1. The van der Waals surface area contributed by atoms with E-state index in [9.17, 15) is 9.59 Å². The Bertz CT molecular complexity index is 855. The van der Waals surface area contributed by atoms with Crippen molar-refractivity contribution in [1.82, 2.24) is 15.0 Å². The van der Waals surface area contributed by atoms with Crippen LogP contribution in [-0.4, -0.2) is 39.4 Å². The maximum Gasteiger partial charge on any atom is 0.230 e. The first-order chi connectivity index (χ1) is 12.0. The summed E-state index contributed by atoms with van der Waals surface area (Å²) in [5.41, 5.74) is 3.21. The van der Waals surface area contributed by atoms with Gasteiger partial charge in [-0.1, -0.05) is 11.3 Å². The summed E-state index contributed by atoms with van der Waals surface area (Å²) in [5.74, 6) is 0.274. The Morgan fingerprint density at radius 2 is 1.96 bits per heavy atom. The lowest BCUT2D eigenvalue weighted by Gasteiger charge is -2.41. The molecule has 1 aromatic heterocycles. The molecule has 1 atom stereocenters. The minimum absolute atomic E-state index is 0.0143. The summed E-state index contributed by atoms with van der Waals surface area (Å²) < 4.78 is 1.64. The quantitative estimate of drug-likeness (QED) is 0.839. The number of carbonyl (C=O) groups excluding carboxylic acids is 2. The highest BCUT2D eigenvalue weighted by atomic mass is 16.2. The van der Waals surface area contributed by atoms with E-state index in [2.05, 4.69) is 10.3 Å². The number of hydrogen-bond donors (Lipinski definition) is 0. The maximum atomic E-state index is 12.8. The number of anilines is 2. The average molecular weight is 339 g/mol. The molecule has 0 unspecified atom stereocenters. The first-order valence-corrected chi connectivity index (χ1v) is 8.57. The van der Waals surface area contributed by atoms with Crippen LogP contribution in [0.1, 0.15) is 26.7 Å². The van der Waals surface area contributed by atoms with Crippen molar-refractivity contribution in [2.24, 2.45) is 13.0 Å². The van der Waals surface area contributed by atoms with Crippen LogP contribution in [0.5, 0.6) is 0 Å². The van der Waals surface area contributed by atoms with E-state index in [0.717, 1.165) is 35.5 Å². The molecule has 0 radical (unpaired) electrons. The summed E-state index contributed by atoms with van der Waals surface area (Å²) in [6, 6.07) is 5.73. The zero-order valence-corrected chi connectivity index (χ0v) is 14.6. The van der Waals surface area contributed by atoms with Crippen LogP contribution in [0.4, 0.5) is 11.4 Å². The highest BCUT2D eigenvalue weighted by Crippen LogP contribution is 2.41. The molecule has 25 heavy (non-hydrogen) atoms. The SMILES string of the molecule is CC(=O)N1c2ccc(-c3cn(C)nn3)cc2N(C(=O)C2CC2)C[C@@H]1C. The van der Waals surface area contributed by atoms with Crippen LogP contribution in [0.3, 0.4) is 0 Å². The molecular weight excluding hydrogens is 318 g/mol. The number of amides is 2. The Labute approximate surface area is 146 Å². The minimum Gasteiger partial charge on any atom is -0.308 e. The van der Waals surface area contributed by atoms with Crippen LogP contribution in [0, 0.1) is 5.92 Å². The lowest BCUT2D eigenvalue weighted by Crippen LogP contribution is -2.51. The first-order valence-electron chi connectivity index (χ1n) is 8.57. The molecule has 4 rings (SSSR count). The molecule has 0 spiro atoms. The fourth-order valence-electron chi connectivity index (χ4n) is 3.50. The lowest BCUT2D eigenvalue weighted by atomic mass is 10.0. The highest BCUT2D eigenvalue weighted by Gasteiger charge is 2.39. The second-order valence-corrected chi connectivity index (χ2v) is 6.94. The van der Waals surface area contributed by atoms with Gasteiger partial charge in [-0.25, -0.2) is 0 Å². The summed E-state index contributed by atoms with van der Waals surface area (Å²) >= 11 is 0. The molecule has 7 heteroatoms. The lowest BCUT2D eigenvalue weighted by molar-refractivity contribution is -0.120. The predicted octanol–water partition coefficient (Wildman–Crippen LogP) is 1.98. The van der Waals surface area contributed by atoms with Gasteiger partial charge in [0.05, 0.1) is 23.6 Å². The highest BCUT2D eigenvalue weighted by molar-refractivity contribution is 6.05. The van der Waals surface area contributed by atoms with Gasteiger partial charge >= 0.3 is 0 Å². The predicted molar refractivity (Wildman–Crippen MR) is 94.1 cm³/mol. The number of aryl methyl sites for hydroxylation is 1. The van der Waals surface area contributed by atoms with Crippen molar-refractivity contribution in [1.29, 1.82) is 0 Å². The fourth-order valence-corrected chi connectivity index (χ4v) is 3.50. The fraction of sp³-hybridized carbons (Fsp3) is 0.444. The zero-order valence-electron chi connectivity index (χ0n) is 14.6. The molecule has 0 N–H and O–H groups in total. The Kier molecular flexibility index (Phi) is 3.59. The second-order valence-electron chi connectivity index (χ2n) is 6.94. The smallest absolute Gasteiger partial charge is 0.230 e. The van der Waals surface area contributed by atoms with Crippen LogP contribution < -0.4 is 9.80 Å². The number of aromatic nitrogens is 3. The number of hydrogen-bond acceptors (Lipinski definition) is 4. The summed E-state index contributed by atoms with van der Waals surface area (Å²) in [7, 11) is 1.82. The molecule has 1 saturated carbocycles. The van der Waals surface area contributed by atoms with Crippen LogP contribution in [-0.2, 0) is 16.6 Å². The third-order valence-corrected chi connectivity index (χ3v) is 4.84. The largest absolute Gasteiger partial charge is 0.308 e. The van der Waals surface area contributed by atoms with Crippen molar-refractivity contribution in [3.8, 4) is 11.3 Å². The van der Waals surface area contributed by atoms with Crippen molar-refractivity contribution in [2.75, 3.05) is 16.3 Å². The van der Waals surface area contributed by atoms with Gasteiger partial charge in [-0.2, -0.15) is 0 Å². The van der Waals surface area contributed by atoms with Gasteiger partial charge in [-0.15, -0.1) is 5.10 Å². The van der Waals surface area contributed by atoms with E-state index in [1.54, 1.807) is 16.5 Å². The molecule has 2 aromatic rings. The molecule has 0 bridgehead atoms. The Hall–Kier alpha value is -2.70. The minimum atomic E-state index is -0.0462. The molecule has 1 aliphatic heterocycles. The van der Waals surface area contributed by atoms with Gasteiger partial charge in [-0.3, -0.25) is 14.3 Å². The molecule has 0 saturated heterocycles. The Morgan fingerprint density at radius 1 is 1.20 bits per heavy atom. The van der Waals surface area contributed by atoms with Crippen molar-refractivity contribution >= 4 is 23.2 Å². The van der Waals surface area contributed by atoms with Gasteiger partial charge in [0.2, 0.25) is 11.8 Å². The number of benzene rings is 1. The summed E-state index contributed by atoms with van der Waals surface area (Å²) in [5, 5.41) is 8.12. The number of fused-ring (bicyclic) bond motifs is 1. The maximum absolute atomic E-state index is 12.8. The van der Waals surface area contributed by atoms with Crippen molar-refractivity contribution in [3.05, 3.63) is 24.4 Å². The summed E-state index contributed by atoms with van der Waals surface area (Å²) in [6.45, 7) is 4.06. The number of rotatable bonds is 2. The molecule has 1 aliphatic carbocycles. The third kappa shape index (κ3) is 2.69. The summed E-state index contributed by atoms with van der Waals surface area (Å²) in [6.07, 6.45) is 3.75. The zero-order chi connectivity index (χ0) is 17.7. The van der Waals surface area contributed by atoms with Gasteiger partial charge in [-0.05, 0) is 31.9 Å². The van der Waals surface area contributed by atoms with E-state index < -0.39 is 0 Å². The van der Waals surface area contributed by atoms with E-state index in [-0.39, 0.29) is 23.8 Å². The Balaban J connectivity index is 1.82. The van der Waals surface area contributed by atoms with E-state index in [0.29, 0.717) is 6.54 Å². The second kappa shape index (κ2) is 5.68.